The maximum atomic E-state index is 11.9. The Bertz CT molecular complexity index is 607. The molecule has 0 spiro atoms. The van der Waals surface area contributed by atoms with Crippen LogP contribution in [0.5, 0.6) is 0 Å². The standard InChI is InChI=1S/C11H9F3N2O3/c12-11(13,14)19-7-6-15-5-4-8-2-1-3-9(10(8)15)16(17)18/h1-5H,6-7H2. The first-order valence-electron chi connectivity index (χ1n) is 5.31. The van der Waals surface area contributed by atoms with Crippen molar-refractivity contribution < 1.29 is 22.8 Å². The van der Waals surface area contributed by atoms with Crippen LogP contribution in [-0.4, -0.2) is 22.5 Å². The van der Waals surface area contributed by atoms with E-state index in [0.717, 1.165) is 0 Å². The van der Waals surface area contributed by atoms with Crippen molar-refractivity contribution in [3.05, 3.63) is 40.6 Å². The van der Waals surface area contributed by atoms with Gasteiger partial charge in [0.25, 0.3) is 5.69 Å². The molecule has 0 amide bonds. The van der Waals surface area contributed by atoms with E-state index >= 15 is 0 Å². The zero-order valence-electron chi connectivity index (χ0n) is 9.55. The third kappa shape index (κ3) is 3.02. The van der Waals surface area contributed by atoms with Crippen LogP contribution in [0.15, 0.2) is 30.5 Å². The summed E-state index contributed by atoms with van der Waals surface area (Å²) in [6.07, 6.45) is -3.20. The topological polar surface area (TPSA) is 57.3 Å². The lowest BCUT2D eigenvalue weighted by Gasteiger charge is -2.09. The lowest BCUT2D eigenvalue weighted by Crippen LogP contribution is -2.17. The molecule has 0 radical (unpaired) electrons. The molecule has 0 aliphatic heterocycles. The van der Waals surface area contributed by atoms with Crippen molar-refractivity contribution in [1.82, 2.24) is 4.57 Å². The maximum absolute atomic E-state index is 11.9. The molecule has 102 valence electrons. The van der Waals surface area contributed by atoms with Gasteiger partial charge in [-0.15, -0.1) is 13.2 Å². The third-order valence-electron chi connectivity index (χ3n) is 2.56. The summed E-state index contributed by atoms with van der Waals surface area (Å²) in [5.41, 5.74) is 0.146. The van der Waals surface area contributed by atoms with Crippen molar-refractivity contribution in [1.29, 1.82) is 0 Å². The molecule has 8 heteroatoms. The van der Waals surface area contributed by atoms with E-state index in [0.29, 0.717) is 10.9 Å². The molecule has 0 aliphatic rings. The molecule has 1 heterocycles. The van der Waals surface area contributed by atoms with Crippen LogP contribution in [0.2, 0.25) is 0 Å². The molecule has 2 aromatic rings. The largest absolute Gasteiger partial charge is 0.522 e. The number of nitrogens with zero attached hydrogens (tertiary/aromatic N) is 2. The fraction of sp³-hybridized carbons (Fsp3) is 0.273. The number of para-hydroxylation sites is 1. The van der Waals surface area contributed by atoms with Crippen molar-refractivity contribution in [2.45, 2.75) is 12.9 Å². The fourth-order valence-electron chi connectivity index (χ4n) is 1.83. The smallest absolute Gasteiger partial charge is 0.340 e. The SMILES string of the molecule is O=[N+]([O-])c1cccc2ccn(CCOC(F)(F)F)c12. The molecule has 0 N–H and O–H groups in total. The van der Waals surface area contributed by atoms with Crippen LogP contribution in [0, 0.1) is 10.1 Å². The Morgan fingerprint density at radius 3 is 2.68 bits per heavy atom. The number of nitro benzene ring substituents is 1. The summed E-state index contributed by atoms with van der Waals surface area (Å²) < 4.78 is 40.6. The molecular weight excluding hydrogens is 265 g/mol. The van der Waals surface area contributed by atoms with E-state index < -0.39 is 17.9 Å². The Morgan fingerprint density at radius 1 is 1.32 bits per heavy atom. The van der Waals surface area contributed by atoms with Crippen LogP contribution in [-0.2, 0) is 11.3 Å². The lowest BCUT2D eigenvalue weighted by molar-refractivity contribution is -0.383. The Morgan fingerprint density at radius 2 is 2.05 bits per heavy atom. The number of alkyl halides is 3. The molecule has 1 aromatic carbocycles. The highest BCUT2D eigenvalue weighted by Gasteiger charge is 2.28. The molecule has 1 aromatic heterocycles. The normalized spacial score (nSPS) is 11.9. The molecule has 0 unspecified atom stereocenters. The number of hydrogen-bond acceptors (Lipinski definition) is 3. The van der Waals surface area contributed by atoms with Gasteiger partial charge in [0.15, 0.2) is 0 Å². The molecule has 2 rings (SSSR count). The van der Waals surface area contributed by atoms with E-state index in [1.807, 2.05) is 0 Å². The zero-order valence-corrected chi connectivity index (χ0v) is 9.55. The van der Waals surface area contributed by atoms with Crippen molar-refractivity contribution in [3.8, 4) is 0 Å². The van der Waals surface area contributed by atoms with E-state index in [1.165, 1.54) is 22.9 Å². The van der Waals surface area contributed by atoms with Crippen LogP contribution in [0.3, 0.4) is 0 Å². The van der Waals surface area contributed by atoms with Crippen LogP contribution in [0.1, 0.15) is 0 Å². The van der Waals surface area contributed by atoms with Gasteiger partial charge in [-0.1, -0.05) is 12.1 Å². The summed E-state index contributed by atoms with van der Waals surface area (Å²) in [6, 6.07) is 6.10. The van der Waals surface area contributed by atoms with Crippen molar-refractivity contribution in [2.75, 3.05) is 6.61 Å². The molecule has 5 nitrogen and oxygen atoms in total. The molecule has 0 fully saturated rings. The van der Waals surface area contributed by atoms with Gasteiger partial charge in [-0.3, -0.25) is 14.9 Å². The second-order valence-corrected chi connectivity index (χ2v) is 3.78. The monoisotopic (exact) mass is 274 g/mol. The number of rotatable bonds is 4. The van der Waals surface area contributed by atoms with Crippen molar-refractivity contribution >= 4 is 16.6 Å². The highest BCUT2D eigenvalue weighted by molar-refractivity contribution is 5.88. The van der Waals surface area contributed by atoms with Gasteiger partial charge in [0.1, 0.15) is 5.52 Å². The second kappa shape index (κ2) is 4.88. The van der Waals surface area contributed by atoms with Gasteiger partial charge in [-0.2, -0.15) is 0 Å². The summed E-state index contributed by atoms with van der Waals surface area (Å²) in [7, 11) is 0. The van der Waals surface area contributed by atoms with E-state index in [4.69, 9.17) is 0 Å². The average Bonchev–Trinajstić information content (AvgIpc) is 2.70. The number of ether oxygens (including phenoxy) is 1. The van der Waals surface area contributed by atoms with Gasteiger partial charge in [0, 0.05) is 24.2 Å². The maximum Gasteiger partial charge on any atom is 0.522 e. The van der Waals surface area contributed by atoms with Gasteiger partial charge in [0.05, 0.1) is 11.5 Å². The first-order chi connectivity index (χ1) is 8.88. The van der Waals surface area contributed by atoms with Gasteiger partial charge in [0.2, 0.25) is 0 Å². The number of halogens is 3. The number of fused-ring (bicyclic) bond motifs is 1. The van der Waals surface area contributed by atoms with Crippen molar-refractivity contribution in [2.24, 2.45) is 0 Å². The Labute approximate surface area is 105 Å². The second-order valence-electron chi connectivity index (χ2n) is 3.78. The van der Waals surface area contributed by atoms with Gasteiger partial charge >= 0.3 is 6.36 Å². The molecular formula is C11H9F3N2O3. The van der Waals surface area contributed by atoms with Crippen LogP contribution >= 0.6 is 0 Å². The highest BCUT2D eigenvalue weighted by atomic mass is 19.4. The molecule has 0 saturated carbocycles. The summed E-state index contributed by atoms with van der Waals surface area (Å²) in [6.45, 7) is -0.715. The zero-order chi connectivity index (χ0) is 14.0. The quantitative estimate of drug-likeness (QED) is 0.636. The van der Waals surface area contributed by atoms with Gasteiger partial charge in [-0.05, 0) is 6.07 Å². The summed E-state index contributed by atoms with van der Waals surface area (Å²) in [4.78, 5) is 10.3. The number of benzene rings is 1. The van der Waals surface area contributed by atoms with E-state index in [2.05, 4.69) is 4.74 Å². The van der Waals surface area contributed by atoms with Crippen LogP contribution < -0.4 is 0 Å². The molecule has 0 atom stereocenters. The first-order valence-corrected chi connectivity index (χ1v) is 5.31. The van der Waals surface area contributed by atoms with Gasteiger partial charge < -0.3 is 4.57 Å². The Kier molecular flexibility index (Phi) is 3.43. The van der Waals surface area contributed by atoms with E-state index in [1.54, 1.807) is 12.1 Å². The summed E-state index contributed by atoms with van der Waals surface area (Å²) in [5.74, 6) is 0. The van der Waals surface area contributed by atoms with E-state index in [9.17, 15) is 23.3 Å². The molecule has 0 bridgehead atoms. The number of nitro groups is 1. The predicted octanol–water partition coefficient (Wildman–Crippen LogP) is 3.09. The third-order valence-corrected chi connectivity index (χ3v) is 2.56. The number of aromatic nitrogens is 1. The highest BCUT2D eigenvalue weighted by Crippen LogP contribution is 2.26. The molecule has 0 aliphatic carbocycles. The predicted molar refractivity (Wildman–Crippen MR) is 60.6 cm³/mol. The Hall–Kier alpha value is -2.09. The number of hydrogen-bond donors (Lipinski definition) is 0. The minimum absolute atomic E-state index is 0.117. The van der Waals surface area contributed by atoms with E-state index in [-0.39, 0.29) is 12.2 Å². The summed E-state index contributed by atoms with van der Waals surface area (Å²) in [5, 5.41) is 11.5. The first kappa shape index (κ1) is 13.3. The van der Waals surface area contributed by atoms with Crippen molar-refractivity contribution in [3.63, 3.8) is 0 Å². The van der Waals surface area contributed by atoms with Crippen LogP contribution in [0.25, 0.3) is 10.9 Å². The van der Waals surface area contributed by atoms with Crippen LogP contribution in [0.4, 0.5) is 18.9 Å². The average molecular weight is 274 g/mol. The molecule has 19 heavy (non-hydrogen) atoms. The fourth-order valence-corrected chi connectivity index (χ4v) is 1.83. The number of non-ortho nitro benzene ring substituents is 1. The molecule has 0 saturated heterocycles. The lowest BCUT2D eigenvalue weighted by atomic mass is 10.2. The Balaban J connectivity index is 2.26. The summed E-state index contributed by atoms with van der Waals surface area (Å²) >= 11 is 0. The minimum atomic E-state index is -4.70. The van der Waals surface area contributed by atoms with Gasteiger partial charge in [-0.25, -0.2) is 0 Å². The minimum Gasteiger partial charge on any atom is -0.340 e.